The maximum absolute atomic E-state index is 7.03. The van der Waals surface area contributed by atoms with Crippen LogP contribution in [0.1, 0.15) is 0 Å². The van der Waals surface area contributed by atoms with Crippen LogP contribution in [0.5, 0.6) is 0 Å². The van der Waals surface area contributed by atoms with Crippen molar-refractivity contribution >= 4 is 0 Å². The van der Waals surface area contributed by atoms with Gasteiger partial charge in [0.2, 0.25) is 0 Å². The Balaban J connectivity index is 2.73. The van der Waals surface area contributed by atoms with Crippen molar-refractivity contribution in [2.24, 2.45) is 0 Å². The van der Waals surface area contributed by atoms with E-state index in [2.05, 4.69) is 11.5 Å². The van der Waals surface area contributed by atoms with Crippen molar-refractivity contribution in [2.75, 3.05) is 14.1 Å². The first-order chi connectivity index (χ1) is 6.24. The van der Waals surface area contributed by atoms with Crippen molar-refractivity contribution in [3.8, 4) is 0 Å². The molecule has 0 atom stereocenters. The van der Waals surface area contributed by atoms with Gasteiger partial charge in [0.05, 0.1) is 12.3 Å². The van der Waals surface area contributed by atoms with Crippen LogP contribution in [-0.2, 0) is 0 Å². The normalized spacial score (nSPS) is 13.2. The second-order valence-corrected chi connectivity index (χ2v) is 2.86. The van der Waals surface area contributed by atoms with Crippen molar-refractivity contribution in [1.29, 1.82) is 0 Å². The van der Waals surface area contributed by atoms with E-state index in [1.54, 1.807) is 0 Å². The first kappa shape index (κ1) is 9.41. The summed E-state index contributed by atoms with van der Waals surface area (Å²) in [5.41, 5.74) is 7.17. The molecule has 0 aromatic carbocycles. The minimum absolute atomic E-state index is 0.745. The lowest BCUT2D eigenvalue weighted by Gasteiger charge is -2.09. The largest absolute Gasteiger partial charge is 0.371 e. The molecule has 0 aromatic heterocycles. The molecule has 0 saturated carbocycles. The zero-order valence-corrected chi connectivity index (χ0v) is 7.83. The highest BCUT2D eigenvalue weighted by molar-refractivity contribution is 5.39. The van der Waals surface area contributed by atoms with Crippen molar-refractivity contribution in [3.05, 3.63) is 59.7 Å². The minimum atomic E-state index is 0.745. The average Bonchev–Trinajstić information content (AvgIpc) is 2.57. The molecule has 0 amide bonds. The third-order valence-corrected chi connectivity index (χ3v) is 1.65. The Bertz CT molecular complexity index is 355. The molecule has 1 nitrogen and oxygen atoms in total. The number of rotatable bonds is 3. The maximum atomic E-state index is 7.03. The van der Waals surface area contributed by atoms with Crippen molar-refractivity contribution in [2.45, 2.75) is 0 Å². The first-order valence-corrected chi connectivity index (χ1v) is 4.02. The number of likely N-dealkylation sites (N-methyl/N-ethyl adjacent to an activating group) is 1. The fourth-order valence-corrected chi connectivity index (χ4v) is 0.919. The molecule has 0 bridgehead atoms. The Labute approximate surface area is 79.4 Å². The summed E-state index contributed by atoms with van der Waals surface area (Å²) in [6.07, 6.45) is 9.52. The van der Waals surface area contributed by atoms with Crippen LogP contribution in [0.2, 0.25) is 0 Å². The van der Waals surface area contributed by atoms with Gasteiger partial charge in [0.25, 0.3) is 0 Å². The van der Waals surface area contributed by atoms with Crippen LogP contribution in [0.25, 0.3) is 0 Å². The monoisotopic (exact) mass is 169 g/mol. The highest BCUT2D eigenvalue weighted by atomic mass is 15.1. The van der Waals surface area contributed by atoms with Gasteiger partial charge in [0, 0.05) is 19.7 Å². The van der Waals surface area contributed by atoms with Gasteiger partial charge in [0.15, 0.2) is 0 Å². The van der Waals surface area contributed by atoms with Gasteiger partial charge in [-0.3, -0.25) is 0 Å². The summed E-state index contributed by atoms with van der Waals surface area (Å²) < 4.78 is 0. The van der Waals surface area contributed by atoms with Gasteiger partial charge in [-0.2, -0.15) is 0 Å². The zero-order chi connectivity index (χ0) is 9.68. The predicted molar refractivity (Wildman–Crippen MR) is 53.8 cm³/mol. The molecule has 0 saturated heterocycles. The van der Waals surface area contributed by atoms with E-state index in [0.29, 0.717) is 0 Å². The lowest BCUT2D eigenvalue weighted by Crippen LogP contribution is -2.07. The molecule has 1 aliphatic rings. The Morgan fingerprint density at radius 2 is 2.38 bits per heavy atom. The van der Waals surface area contributed by atoms with Crippen molar-refractivity contribution in [1.82, 2.24) is 4.90 Å². The molecule has 0 unspecified atom stereocenters. The molecule has 1 aliphatic carbocycles. The van der Waals surface area contributed by atoms with Crippen LogP contribution in [0, 0.1) is 6.58 Å². The molecule has 1 rings (SSSR count). The first-order valence-electron chi connectivity index (χ1n) is 4.02. The molecular weight excluding hydrogens is 158 g/mol. The highest BCUT2D eigenvalue weighted by Gasteiger charge is 1.93. The zero-order valence-electron chi connectivity index (χ0n) is 7.83. The Morgan fingerprint density at radius 1 is 1.62 bits per heavy atom. The van der Waals surface area contributed by atoms with E-state index >= 15 is 0 Å². The van der Waals surface area contributed by atoms with Gasteiger partial charge in [-0.1, -0.05) is 11.8 Å². The maximum Gasteiger partial charge on any atom is 0.0801 e. The molecule has 1 heteroatoms. The van der Waals surface area contributed by atoms with Gasteiger partial charge in [-0.25, -0.2) is 0 Å². The summed E-state index contributed by atoms with van der Waals surface area (Å²) in [5.74, 6) is 0. The lowest BCUT2D eigenvalue weighted by atomic mass is 10.2. The van der Waals surface area contributed by atoms with Gasteiger partial charge in [0.1, 0.15) is 0 Å². The number of nitrogens with zero attached hydrogens (tertiary/aromatic N) is 1. The van der Waals surface area contributed by atoms with Gasteiger partial charge >= 0.3 is 0 Å². The molecule has 13 heavy (non-hydrogen) atoms. The minimum Gasteiger partial charge on any atom is -0.371 e. The van der Waals surface area contributed by atoms with Gasteiger partial charge < -0.3 is 4.90 Å². The second-order valence-electron chi connectivity index (χ2n) is 2.86. The van der Waals surface area contributed by atoms with E-state index in [1.165, 1.54) is 0 Å². The van der Waals surface area contributed by atoms with Crippen molar-refractivity contribution in [3.63, 3.8) is 0 Å². The van der Waals surface area contributed by atoms with Crippen LogP contribution in [-0.4, -0.2) is 19.0 Å². The van der Waals surface area contributed by atoms with Gasteiger partial charge in [-0.15, -0.1) is 5.73 Å². The quantitative estimate of drug-likeness (QED) is 0.462. The summed E-state index contributed by atoms with van der Waals surface area (Å²) in [6, 6.07) is 0. The molecule has 0 aromatic rings. The topological polar surface area (TPSA) is 3.24 Å². The van der Waals surface area contributed by atoms with Crippen LogP contribution in [0.15, 0.2) is 53.1 Å². The predicted octanol–water partition coefficient (Wildman–Crippen LogP) is 2.10. The highest BCUT2D eigenvalue weighted by Crippen LogP contribution is 2.06. The van der Waals surface area contributed by atoms with Crippen LogP contribution >= 0.6 is 0 Å². The third kappa shape index (κ3) is 2.68. The fourth-order valence-electron chi connectivity index (χ4n) is 0.919. The number of hydrogen-bond acceptors (Lipinski definition) is 1. The van der Waals surface area contributed by atoms with Crippen LogP contribution < -0.4 is 0 Å². The Hall–Kier alpha value is -1.68. The van der Waals surface area contributed by atoms with Crippen LogP contribution in [0.3, 0.4) is 0 Å². The number of hydrogen-bond donors (Lipinski definition) is 0. The summed E-state index contributed by atoms with van der Waals surface area (Å²) in [4.78, 5) is 1.84. The van der Waals surface area contributed by atoms with E-state index in [-0.39, 0.29) is 0 Å². The standard InChI is InChI=1S/C12H11N/c1-4-12(13(2)3)10-9-11-7-5-6-8-11/h5-7,9-10H,2-3H3/b10-9+. The number of allylic oxidation sites excluding steroid dienone is 5. The Morgan fingerprint density at radius 3 is 2.85 bits per heavy atom. The van der Waals surface area contributed by atoms with E-state index in [1.807, 2.05) is 49.4 Å². The molecule has 0 aliphatic heterocycles. The third-order valence-electron chi connectivity index (χ3n) is 1.65. The van der Waals surface area contributed by atoms with E-state index < -0.39 is 0 Å². The molecule has 64 valence electrons. The van der Waals surface area contributed by atoms with Gasteiger partial charge in [-0.05, 0) is 24.3 Å². The molecule has 0 N–H and O–H groups in total. The summed E-state index contributed by atoms with van der Waals surface area (Å²) >= 11 is 0. The summed E-state index contributed by atoms with van der Waals surface area (Å²) in [6.45, 7) is 7.03. The summed E-state index contributed by atoms with van der Waals surface area (Å²) in [7, 11) is 3.77. The average molecular weight is 169 g/mol. The molecular formula is C12H11N. The SMILES string of the molecule is [C]=C=C(/C=C/C1=C=CC=C1)N(C)C. The second kappa shape index (κ2) is 4.37. The molecule has 0 fully saturated rings. The van der Waals surface area contributed by atoms with E-state index in [4.69, 9.17) is 6.58 Å². The molecule has 2 radical (unpaired) electrons. The Kier molecular flexibility index (Phi) is 3.16. The fraction of sp³-hybridized carbons (Fsp3) is 0.167. The molecule has 0 heterocycles. The van der Waals surface area contributed by atoms with Crippen molar-refractivity contribution < 1.29 is 0 Å². The van der Waals surface area contributed by atoms with E-state index in [9.17, 15) is 0 Å². The lowest BCUT2D eigenvalue weighted by molar-refractivity contribution is 0.531. The smallest absolute Gasteiger partial charge is 0.0801 e. The van der Waals surface area contributed by atoms with Crippen LogP contribution in [0.4, 0.5) is 0 Å². The summed E-state index contributed by atoms with van der Waals surface area (Å²) in [5, 5.41) is 0. The molecule has 0 spiro atoms. The van der Waals surface area contributed by atoms with E-state index in [0.717, 1.165) is 11.3 Å².